The van der Waals surface area contributed by atoms with E-state index in [2.05, 4.69) is 0 Å². The number of ether oxygens (including phenoxy) is 2. The normalized spacial score (nSPS) is 14.9. The van der Waals surface area contributed by atoms with Gasteiger partial charge in [-0.1, -0.05) is 41.9 Å². The summed E-state index contributed by atoms with van der Waals surface area (Å²) >= 11 is 6.04. The molecule has 0 N–H and O–H groups in total. The van der Waals surface area contributed by atoms with Crippen molar-refractivity contribution in [1.29, 1.82) is 0 Å². The number of rotatable bonds is 6. The van der Waals surface area contributed by atoms with Crippen LogP contribution in [0.1, 0.15) is 42.1 Å². The van der Waals surface area contributed by atoms with E-state index in [0.29, 0.717) is 29.4 Å². The van der Waals surface area contributed by atoms with Crippen molar-refractivity contribution in [2.75, 3.05) is 19.7 Å². The van der Waals surface area contributed by atoms with Gasteiger partial charge in [0, 0.05) is 23.7 Å². The van der Waals surface area contributed by atoms with Crippen LogP contribution >= 0.6 is 11.6 Å². The minimum Gasteiger partial charge on any atom is -0.481 e. The van der Waals surface area contributed by atoms with Gasteiger partial charge in [-0.05, 0) is 56.4 Å². The van der Waals surface area contributed by atoms with Crippen molar-refractivity contribution in [3.05, 3.63) is 64.2 Å². The molecule has 1 aliphatic rings. The summed E-state index contributed by atoms with van der Waals surface area (Å²) in [6.45, 7) is 4.84. The predicted octanol–water partition coefficient (Wildman–Crippen LogP) is 4.63. The van der Waals surface area contributed by atoms with Gasteiger partial charge in [0.2, 0.25) is 6.10 Å². The van der Waals surface area contributed by atoms with Gasteiger partial charge in [-0.2, -0.15) is 0 Å². The Morgan fingerprint density at radius 1 is 1.03 bits per heavy atom. The van der Waals surface area contributed by atoms with Crippen LogP contribution < -0.4 is 4.74 Å². The van der Waals surface area contributed by atoms with E-state index >= 15 is 0 Å². The molecule has 0 saturated carbocycles. The topological polar surface area (TPSA) is 55.8 Å². The summed E-state index contributed by atoms with van der Waals surface area (Å²) in [5.41, 5.74) is 2.34. The molecule has 1 saturated heterocycles. The molecule has 1 heterocycles. The molecule has 6 heteroatoms. The molecule has 29 heavy (non-hydrogen) atoms. The Morgan fingerprint density at radius 3 is 2.28 bits per heavy atom. The van der Waals surface area contributed by atoms with Gasteiger partial charge in [-0.3, -0.25) is 4.79 Å². The molecule has 0 spiro atoms. The monoisotopic (exact) mass is 415 g/mol. The molecule has 0 bridgehead atoms. The minimum absolute atomic E-state index is 0.178. The highest BCUT2D eigenvalue weighted by Gasteiger charge is 2.30. The lowest BCUT2D eigenvalue weighted by molar-refractivity contribution is -0.163. The molecule has 0 unspecified atom stereocenters. The standard InChI is InChI=1S/C23H26ClNO4/c1-16-13-19(24)14-17(2)21(16)28-15-20(26)29-22(18-9-5-3-6-10-18)23(27)25-11-7-4-8-12-25/h3,5-6,9-10,13-14,22H,4,7-8,11-12,15H2,1-2H3/t22-/m0/s1. The zero-order chi connectivity index (χ0) is 20.8. The summed E-state index contributed by atoms with van der Waals surface area (Å²) in [7, 11) is 0. The highest BCUT2D eigenvalue weighted by atomic mass is 35.5. The number of benzene rings is 2. The van der Waals surface area contributed by atoms with Crippen molar-refractivity contribution in [3.8, 4) is 5.75 Å². The summed E-state index contributed by atoms with van der Waals surface area (Å²) in [5, 5.41) is 0.617. The van der Waals surface area contributed by atoms with Gasteiger partial charge in [0.05, 0.1) is 0 Å². The van der Waals surface area contributed by atoms with Crippen molar-refractivity contribution >= 4 is 23.5 Å². The van der Waals surface area contributed by atoms with Crippen LogP contribution in [0.25, 0.3) is 0 Å². The average Bonchev–Trinajstić information content (AvgIpc) is 2.72. The Labute approximate surface area is 176 Å². The van der Waals surface area contributed by atoms with E-state index in [9.17, 15) is 9.59 Å². The van der Waals surface area contributed by atoms with Crippen molar-refractivity contribution < 1.29 is 19.1 Å². The average molecular weight is 416 g/mol. The highest BCUT2D eigenvalue weighted by molar-refractivity contribution is 6.30. The van der Waals surface area contributed by atoms with Crippen LogP contribution in [0.3, 0.4) is 0 Å². The van der Waals surface area contributed by atoms with E-state index in [4.69, 9.17) is 21.1 Å². The molecule has 0 radical (unpaired) electrons. The van der Waals surface area contributed by atoms with Crippen LogP contribution in [0.2, 0.25) is 5.02 Å². The zero-order valence-corrected chi connectivity index (χ0v) is 17.6. The molecule has 1 amide bonds. The maximum atomic E-state index is 13.0. The first-order valence-corrected chi connectivity index (χ1v) is 10.3. The number of carbonyl (C=O) groups is 2. The van der Waals surface area contributed by atoms with Gasteiger partial charge in [-0.15, -0.1) is 0 Å². The van der Waals surface area contributed by atoms with E-state index < -0.39 is 12.1 Å². The van der Waals surface area contributed by atoms with Crippen LogP contribution in [-0.2, 0) is 14.3 Å². The van der Waals surface area contributed by atoms with Crippen LogP contribution in [0.5, 0.6) is 5.75 Å². The number of likely N-dealkylation sites (tertiary alicyclic amines) is 1. The first-order chi connectivity index (χ1) is 14.0. The predicted molar refractivity (Wildman–Crippen MR) is 112 cm³/mol. The molecule has 1 atom stereocenters. The molecule has 1 fully saturated rings. The number of piperidine rings is 1. The number of carbonyl (C=O) groups excluding carboxylic acids is 2. The fourth-order valence-electron chi connectivity index (χ4n) is 3.59. The summed E-state index contributed by atoms with van der Waals surface area (Å²) in [6.07, 6.45) is 2.10. The molecule has 0 aliphatic carbocycles. The van der Waals surface area contributed by atoms with Crippen LogP contribution in [0.15, 0.2) is 42.5 Å². The van der Waals surface area contributed by atoms with Gasteiger partial charge >= 0.3 is 5.97 Å². The van der Waals surface area contributed by atoms with E-state index in [1.165, 1.54) is 0 Å². The van der Waals surface area contributed by atoms with E-state index in [1.54, 1.807) is 29.2 Å². The second-order valence-electron chi connectivity index (χ2n) is 7.32. The number of amides is 1. The van der Waals surface area contributed by atoms with Crippen molar-refractivity contribution in [2.24, 2.45) is 0 Å². The number of hydrogen-bond donors (Lipinski definition) is 0. The van der Waals surface area contributed by atoms with Gasteiger partial charge < -0.3 is 14.4 Å². The fourth-order valence-corrected chi connectivity index (χ4v) is 3.92. The Kier molecular flexibility index (Phi) is 7.15. The molecule has 0 aromatic heterocycles. The Morgan fingerprint density at radius 2 is 1.66 bits per heavy atom. The quantitative estimate of drug-likeness (QED) is 0.645. The van der Waals surface area contributed by atoms with E-state index in [0.717, 1.165) is 30.4 Å². The Hall–Kier alpha value is -2.53. The number of aryl methyl sites for hydroxylation is 2. The minimum atomic E-state index is -0.960. The lowest BCUT2D eigenvalue weighted by atomic mass is 10.1. The first-order valence-electron chi connectivity index (χ1n) is 9.88. The molecular weight excluding hydrogens is 390 g/mol. The smallest absolute Gasteiger partial charge is 0.345 e. The maximum absolute atomic E-state index is 13.0. The number of nitrogens with zero attached hydrogens (tertiary/aromatic N) is 1. The molecule has 154 valence electrons. The van der Waals surface area contributed by atoms with Gasteiger partial charge in [-0.25, -0.2) is 4.79 Å². The molecule has 5 nitrogen and oxygen atoms in total. The molecule has 2 aromatic rings. The molecular formula is C23H26ClNO4. The van der Waals surface area contributed by atoms with E-state index in [-0.39, 0.29) is 12.5 Å². The van der Waals surface area contributed by atoms with Crippen LogP contribution in [0, 0.1) is 13.8 Å². The molecule has 3 rings (SSSR count). The van der Waals surface area contributed by atoms with Gasteiger partial charge in [0.1, 0.15) is 5.75 Å². The van der Waals surface area contributed by atoms with Gasteiger partial charge in [0.25, 0.3) is 5.91 Å². The summed E-state index contributed by atoms with van der Waals surface area (Å²) in [4.78, 5) is 27.4. The lowest BCUT2D eigenvalue weighted by Gasteiger charge is -2.30. The number of esters is 1. The third-order valence-electron chi connectivity index (χ3n) is 5.00. The van der Waals surface area contributed by atoms with E-state index in [1.807, 2.05) is 32.0 Å². The SMILES string of the molecule is Cc1cc(Cl)cc(C)c1OCC(=O)O[C@H](C(=O)N1CCCCC1)c1ccccc1. The molecule has 2 aromatic carbocycles. The van der Waals surface area contributed by atoms with Gasteiger partial charge in [0.15, 0.2) is 6.61 Å². The lowest BCUT2D eigenvalue weighted by Crippen LogP contribution is -2.40. The largest absolute Gasteiger partial charge is 0.481 e. The second kappa shape index (κ2) is 9.79. The first kappa shape index (κ1) is 21.2. The highest BCUT2D eigenvalue weighted by Crippen LogP contribution is 2.27. The number of hydrogen-bond acceptors (Lipinski definition) is 4. The Bertz CT molecular complexity index is 839. The fraction of sp³-hybridized carbons (Fsp3) is 0.391. The molecule has 1 aliphatic heterocycles. The van der Waals surface area contributed by atoms with Crippen LogP contribution in [-0.4, -0.2) is 36.5 Å². The summed E-state index contributed by atoms with van der Waals surface area (Å²) in [6, 6.07) is 12.7. The van der Waals surface area contributed by atoms with Crippen LogP contribution in [0.4, 0.5) is 0 Å². The van der Waals surface area contributed by atoms with Crippen molar-refractivity contribution in [3.63, 3.8) is 0 Å². The third-order valence-corrected chi connectivity index (χ3v) is 5.22. The van der Waals surface area contributed by atoms with Crippen molar-refractivity contribution in [1.82, 2.24) is 4.90 Å². The Balaban J connectivity index is 1.70. The maximum Gasteiger partial charge on any atom is 0.345 e. The summed E-state index contributed by atoms with van der Waals surface area (Å²) in [5.74, 6) is -0.161. The van der Waals surface area contributed by atoms with Crippen molar-refractivity contribution in [2.45, 2.75) is 39.2 Å². The number of halogens is 1. The zero-order valence-electron chi connectivity index (χ0n) is 16.8. The third kappa shape index (κ3) is 5.51. The summed E-state index contributed by atoms with van der Waals surface area (Å²) < 4.78 is 11.3. The second-order valence-corrected chi connectivity index (χ2v) is 7.76.